The fourth-order valence-electron chi connectivity index (χ4n) is 4.70. The third-order valence-electron chi connectivity index (χ3n) is 6.64. The number of hydrogen-bond donors (Lipinski definition) is 2. The highest BCUT2D eigenvalue weighted by atomic mass is 16.3. The van der Waals surface area contributed by atoms with E-state index in [1.165, 1.54) is 25.3 Å². The summed E-state index contributed by atoms with van der Waals surface area (Å²) in [5.41, 5.74) is 1.38. The molecule has 168 valence electrons. The Labute approximate surface area is 185 Å². The van der Waals surface area contributed by atoms with E-state index in [0.29, 0.717) is 11.7 Å². The lowest BCUT2D eigenvalue weighted by Crippen LogP contribution is -2.56. The zero-order chi connectivity index (χ0) is 22.1. The van der Waals surface area contributed by atoms with Gasteiger partial charge in [0, 0.05) is 55.5 Å². The Kier molecular flexibility index (Phi) is 6.26. The Morgan fingerprint density at radius 1 is 1.10 bits per heavy atom. The summed E-state index contributed by atoms with van der Waals surface area (Å²) in [4.78, 5) is 21.9. The summed E-state index contributed by atoms with van der Waals surface area (Å²) in [7, 11) is 0. The van der Waals surface area contributed by atoms with Crippen molar-refractivity contribution < 1.29 is 5.11 Å². The molecule has 0 aromatic carbocycles. The smallest absolute Gasteiger partial charge is 0.214 e. The van der Waals surface area contributed by atoms with Gasteiger partial charge in [0.15, 0.2) is 5.82 Å². The summed E-state index contributed by atoms with van der Waals surface area (Å²) in [5, 5.41) is 13.7. The lowest BCUT2D eigenvalue weighted by Gasteiger charge is -2.45. The number of aromatic nitrogens is 4. The highest BCUT2D eigenvalue weighted by Crippen LogP contribution is 2.42. The van der Waals surface area contributed by atoms with Crippen LogP contribution in [-0.4, -0.2) is 56.1 Å². The van der Waals surface area contributed by atoms with Crippen LogP contribution in [0.2, 0.25) is 0 Å². The molecule has 0 radical (unpaired) electrons. The maximum Gasteiger partial charge on any atom is 0.214 e. The Morgan fingerprint density at radius 2 is 1.84 bits per heavy atom. The van der Waals surface area contributed by atoms with Crippen LogP contribution in [0, 0.1) is 0 Å². The number of nitrogens with zero attached hydrogens (tertiary/aromatic N) is 5. The topological polar surface area (TPSA) is 87.1 Å². The van der Waals surface area contributed by atoms with Crippen LogP contribution in [0.1, 0.15) is 88.8 Å². The van der Waals surface area contributed by atoms with Gasteiger partial charge in [-0.1, -0.05) is 40.5 Å². The molecule has 1 aliphatic carbocycles. The van der Waals surface area contributed by atoms with Crippen LogP contribution < -0.4 is 5.32 Å². The number of nitrogens with one attached hydrogen (secondary N) is 1. The summed E-state index contributed by atoms with van der Waals surface area (Å²) in [6, 6.07) is 3.75. The SMILES string of the molecule is CCCC(c1cc(C2CCC2)nc(C(C)(C)C)n1)(c1nccc(O)n1)N1CCNCC1. The first-order chi connectivity index (χ1) is 14.8. The lowest BCUT2D eigenvalue weighted by atomic mass is 9.79. The van der Waals surface area contributed by atoms with Crippen molar-refractivity contribution in [1.29, 1.82) is 0 Å². The van der Waals surface area contributed by atoms with E-state index in [1.54, 1.807) is 6.20 Å². The molecule has 1 saturated heterocycles. The van der Waals surface area contributed by atoms with Crippen LogP contribution in [0.15, 0.2) is 18.3 Å². The zero-order valence-corrected chi connectivity index (χ0v) is 19.4. The van der Waals surface area contributed by atoms with Crippen LogP contribution >= 0.6 is 0 Å². The summed E-state index contributed by atoms with van der Waals surface area (Å²) >= 11 is 0. The first kappa shape index (κ1) is 22.1. The molecule has 1 atom stereocenters. The van der Waals surface area contributed by atoms with Gasteiger partial charge < -0.3 is 10.4 Å². The second-order valence-electron chi connectivity index (χ2n) is 9.97. The molecule has 2 fully saturated rings. The third kappa shape index (κ3) is 4.30. The molecule has 2 N–H and O–H groups in total. The highest BCUT2D eigenvalue weighted by Gasteiger charge is 2.45. The lowest BCUT2D eigenvalue weighted by molar-refractivity contribution is 0.0830. The minimum absolute atomic E-state index is 0.00456. The summed E-state index contributed by atoms with van der Waals surface area (Å²) in [5.74, 6) is 2.03. The second-order valence-corrected chi connectivity index (χ2v) is 9.97. The standard InChI is InChI=1S/C24H36N6O/c1-5-10-24(30-14-12-25-13-15-30,22-26-11-9-20(31)29-22)19-16-18(17-7-6-8-17)27-21(28-19)23(2,3)4/h9,11,16-17,25H,5-8,10,12-15H2,1-4H3,(H,26,29,31). The molecule has 31 heavy (non-hydrogen) atoms. The van der Waals surface area contributed by atoms with E-state index >= 15 is 0 Å². The summed E-state index contributed by atoms with van der Waals surface area (Å²) in [6.45, 7) is 12.3. The van der Waals surface area contributed by atoms with Crippen molar-refractivity contribution in [2.45, 2.75) is 76.7 Å². The van der Waals surface area contributed by atoms with Gasteiger partial charge in [-0.3, -0.25) is 4.90 Å². The van der Waals surface area contributed by atoms with Crippen molar-refractivity contribution in [3.05, 3.63) is 41.4 Å². The van der Waals surface area contributed by atoms with Gasteiger partial charge in [0.05, 0.1) is 5.69 Å². The predicted octanol–water partition coefficient (Wildman–Crippen LogP) is 3.49. The van der Waals surface area contributed by atoms with Crippen LogP contribution in [0.25, 0.3) is 0 Å². The van der Waals surface area contributed by atoms with Crippen molar-refractivity contribution in [3.63, 3.8) is 0 Å². The molecule has 2 aliphatic rings. The maximum atomic E-state index is 10.2. The number of piperazine rings is 1. The number of aromatic hydroxyl groups is 1. The van der Waals surface area contributed by atoms with E-state index in [4.69, 9.17) is 9.97 Å². The summed E-state index contributed by atoms with van der Waals surface area (Å²) < 4.78 is 0. The van der Waals surface area contributed by atoms with Gasteiger partial charge in [-0.2, -0.15) is 4.98 Å². The van der Waals surface area contributed by atoms with Gasteiger partial charge in [0.1, 0.15) is 11.4 Å². The van der Waals surface area contributed by atoms with Crippen molar-refractivity contribution in [2.75, 3.05) is 26.2 Å². The normalized spacial score (nSPS) is 20.3. The van der Waals surface area contributed by atoms with Crippen LogP contribution in [0.3, 0.4) is 0 Å². The average molecular weight is 425 g/mol. The third-order valence-corrected chi connectivity index (χ3v) is 6.64. The van der Waals surface area contributed by atoms with E-state index in [0.717, 1.165) is 56.2 Å². The molecule has 7 nitrogen and oxygen atoms in total. The molecule has 1 unspecified atom stereocenters. The van der Waals surface area contributed by atoms with Crippen LogP contribution in [-0.2, 0) is 11.0 Å². The molecular weight excluding hydrogens is 388 g/mol. The molecule has 0 bridgehead atoms. The van der Waals surface area contributed by atoms with Gasteiger partial charge in [-0.05, 0) is 25.3 Å². The fourth-order valence-corrected chi connectivity index (χ4v) is 4.70. The van der Waals surface area contributed by atoms with E-state index < -0.39 is 5.54 Å². The van der Waals surface area contributed by atoms with E-state index in [-0.39, 0.29) is 11.3 Å². The summed E-state index contributed by atoms with van der Waals surface area (Å²) in [6.07, 6.45) is 7.09. The maximum absolute atomic E-state index is 10.2. The van der Waals surface area contributed by atoms with Gasteiger partial charge >= 0.3 is 0 Å². The Morgan fingerprint density at radius 3 is 2.42 bits per heavy atom. The fraction of sp³-hybridized carbons (Fsp3) is 0.667. The van der Waals surface area contributed by atoms with Gasteiger partial charge in [-0.25, -0.2) is 15.0 Å². The first-order valence-corrected chi connectivity index (χ1v) is 11.7. The minimum atomic E-state index is -0.586. The van der Waals surface area contributed by atoms with E-state index in [2.05, 4.69) is 53.9 Å². The molecule has 0 spiro atoms. The zero-order valence-electron chi connectivity index (χ0n) is 19.4. The van der Waals surface area contributed by atoms with E-state index in [1.807, 2.05) is 0 Å². The number of hydrogen-bond acceptors (Lipinski definition) is 7. The predicted molar refractivity (Wildman–Crippen MR) is 121 cm³/mol. The number of rotatable bonds is 6. The first-order valence-electron chi connectivity index (χ1n) is 11.7. The molecule has 0 amide bonds. The van der Waals surface area contributed by atoms with Crippen LogP contribution in [0.4, 0.5) is 0 Å². The van der Waals surface area contributed by atoms with Crippen molar-refractivity contribution >= 4 is 0 Å². The van der Waals surface area contributed by atoms with Crippen LogP contribution in [0.5, 0.6) is 5.88 Å². The van der Waals surface area contributed by atoms with Crippen molar-refractivity contribution in [2.24, 2.45) is 0 Å². The Bertz CT molecular complexity index is 901. The highest BCUT2D eigenvalue weighted by molar-refractivity contribution is 5.32. The van der Waals surface area contributed by atoms with E-state index in [9.17, 15) is 5.11 Å². The van der Waals surface area contributed by atoms with Crippen molar-refractivity contribution in [3.8, 4) is 5.88 Å². The molecule has 4 rings (SSSR count). The largest absolute Gasteiger partial charge is 0.493 e. The minimum Gasteiger partial charge on any atom is -0.493 e. The van der Waals surface area contributed by atoms with Gasteiger partial charge in [0.2, 0.25) is 5.88 Å². The molecule has 1 saturated carbocycles. The molecule has 7 heteroatoms. The van der Waals surface area contributed by atoms with Gasteiger partial charge in [0.25, 0.3) is 0 Å². The average Bonchev–Trinajstić information content (AvgIpc) is 2.70. The second kappa shape index (κ2) is 8.79. The van der Waals surface area contributed by atoms with Gasteiger partial charge in [-0.15, -0.1) is 0 Å². The molecule has 2 aromatic heterocycles. The molecule has 2 aromatic rings. The van der Waals surface area contributed by atoms with Crippen molar-refractivity contribution in [1.82, 2.24) is 30.2 Å². The quantitative estimate of drug-likeness (QED) is 0.734. The molecule has 1 aliphatic heterocycles. The Hall–Kier alpha value is -2.12. The molecule has 3 heterocycles. The Balaban J connectivity index is 1.95. The monoisotopic (exact) mass is 424 g/mol. The molecular formula is C24H36N6O.